The number of nitrogens with zero attached hydrogens (tertiary/aromatic N) is 5. The van der Waals surface area contributed by atoms with E-state index >= 15 is 0 Å². The van der Waals surface area contributed by atoms with Crippen LogP contribution in [0.15, 0.2) is 51.5 Å². The highest BCUT2D eigenvalue weighted by Gasteiger charge is 2.15. The van der Waals surface area contributed by atoms with Crippen molar-refractivity contribution in [1.82, 2.24) is 25.1 Å². The summed E-state index contributed by atoms with van der Waals surface area (Å²) in [6.07, 6.45) is 0. The minimum Gasteiger partial charge on any atom is -0.468 e. The van der Waals surface area contributed by atoms with Crippen LogP contribution in [0.4, 0.5) is 0 Å². The molecule has 0 radical (unpaired) electrons. The van der Waals surface area contributed by atoms with E-state index in [4.69, 9.17) is 4.52 Å². The molecule has 9 heteroatoms. The quantitative estimate of drug-likeness (QED) is 0.474. The van der Waals surface area contributed by atoms with Crippen molar-refractivity contribution in [2.24, 2.45) is 0 Å². The highest BCUT2D eigenvalue weighted by atomic mass is 79.9. The number of benzene rings is 2. The molecule has 0 N–H and O–H groups in total. The lowest BCUT2D eigenvalue weighted by Crippen LogP contribution is -2.12. The SMILES string of the molecule is COC(=O)Cn1nnc2cc(-c3noc(-c4ccccc4Br)n3)ccc21. The van der Waals surface area contributed by atoms with E-state index in [0.717, 1.165) is 15.6 Å². The van der Waals surface area contributed by atoms with E-state index in [9.17, 15) is 4.79 Å². The molecule has 8 nitrogen and oxygen atoms in total. The summed E-state index contributed by atoms with van der Waals surface area (Å²) in [6.45, 7) is 0.000733. The molecule has 0 saturated carbocycles. The van der Waals surface area contributed by atoms with Crippen LogP contribution in [-0.4, -0.2) is 38.2 Å². The predicted octanol–water partition coefficient (Wildman–Crippen LogP) is 3.08. The summed E-state index contributed by atoms with van der Waals surface area (Å²) in [7, 11) is 1.33. The molecule has 0 atom stereocenters. The first-order valence-corrected chi connectivity index (χ1v) is 8.44. The van der Waals surface area contributed by atoms with Gasteiger partial charge < -0.3 is 9.26 Å². The van der Waals surface area contributed by atoms with Gasteiger partial charge in [-0.15, -0.1) is 5.10 Å². The molecule has 4 aromatic rings. The fourth-order valence-electron chi connectivity index (χ4n) is 2.50. The second kappa shape index (κ2) is 6.68. The molecule has 0 amide bonds. The van der Waals surface area contributed by atoms with Crippen molar-refractivity contribution >= 4 is 32.9 Å². The highest BCUT2D eigenvalue weighted by molar-refractivity contribution is 9.10. The lowest BCUT2D eigenvalue weighted by Gasteiger charge is -2.00. The zero-order valence-electron chi connectivity index (χ0n) is 13.6. The Kier molecular flexibility index (Phi) is 4.21. The monoisotopic (exact) mass is 413 g/mol. The summed E-state index contributed by atoms with van der Waals surface area (Å²) in [5, 5.41) is 12.1. The molecular formula is C17H12BrN5O3. The van der Waals surface area contributed by atoms with E-state index in [2.05, 4.69) is 41.1 Å². The van der Waals surface area contributed by atoms with Gasteiger partial charge in [-0.3, -0.25) is 4.79 Å². The summed E-state index contributed by atoms with van der Waals surface area (Å²) < 4.78 is 12.4. The van der Waals surface area contributed by atoms with Gasteiger partial charge in [0.15, 0.2) is 0 Å². The maximum Gasteiger partial charge on any atom is 0.327 e. The Morgan fingerprint density at radius 2 is 2.12 bits per heavy atom. The van der Waals surface area contributed by atoms with Crippen molar-refractivity contribution in [3.8, 4) is 22.8 Å². The third-order valence-electron chi connectivity index (χ3n) is 3.81. The first kappa shape index (κ1) is 16.4. The second-order valence-electron chi connectivity index (χ2n) is 5.43. The average Bonchev–Trinajstić information content (AvgIpc) is 3.29. The van der Waals surface area contributed by atoms with E-state index < -0.39 is 5.97 Å². The van der Waals surface area contributed by atoms with Crippen LogP contribution >= 0.6 is 15.9 Å². The van der Waals surface area contributed by atoms with Gasteiger partial charge in [0.25, 0.3) is 5.89 Å². The van der Waals surface area contributed by atoms with Crippen molar-refractivity contribution in [3.63, 3.8) is 0 Å². The van der Waals surface area contributed by atoms with Crippen LogP contribution in [0.5, 0.6) is 0 Å². The van der Waals surface area contributed by atoms with Crippen LogP contribution in [0.3, 0.4) is 0 Å². The minimum atomic E-state index is -0.392. The van der Waals surface area contributed by atoms with E-state index in [-0.39, 0.29) is 6.54 Å². The fourth-order valence-corrected chi connectivity index (χ4v) is 2.95. The van der Waals surface area contributed by atoms with Crippen LogP contribution in [-0.2, 0) is 16.1 Å². The first-order chi connectivity index (χ1) is 12.7. The zero-order valence-corrected chi connectivity index (χ0v) is 15.2. The normalized spacial score (nSPS) is 11.0. The molecule has 2 aromatic heterocycles. The predicted molar refractivity (Wildman–Crippen MR) is 96.0 cm³/mol. The van der Waals surface area contributed by atoms with Crippen molar-refractivity contribution < 1.29 is 14.1 Å². The molecule has 4 rings (SSSR count). The van der Waals surface area contributed by atoms with E-state index in [1.807, 2.05) is 36.4 Å². The van der Waals surface area contributed by atoms with Gasteiger partial charge in [-0.25, -0.2) is 4.68 Å². The summed E-state index contributed by atoms with van der Waals surface area (Å²) in [5.41, 5.74) is 2.90. The van der Waals surface area contributed by atoms with Gasteiger partial charge in [-0.1, -0.05) is 22.5 Å². The minimum absolute atomic E-state index is 0.000733. The number of methoxy groups -OCH3 is 1. The number of aromatic nitrogens is 5. The van der Waals surface area contributed by atoms with Gasteiger partial charge >= 0.3 is 5.97 Å². The van der Waals surface area contributed by atoms with Gasteiger partial charge in [0.05, 0.1) is 18.2 Å². The number of fused-ring (bicyclic) bond motifs is 1. The standard InChI is InChI=1S/C17H12BrN5O3/c1-25-15(24)9-23-14-7-6-10(8-13(14)20-22-23)16-19-17(26-21-16)11-4-2-3-5-12(11)18/h2-8H,9H2,1H3. The Morgan fingerprint density at radius 1 is 1.27 bits per heavy atom. The number of rotatable bonds is 4. The third-order valence-corrected chi connectivity index (χ3v) is 4.50. The third kappa shape index (κ3) is 2.97. The van der Waals surface area contributed by atoms with Crippen molar-refractivity contribution in [2.45, 2.75) is 6.54 Å². The molecule has 26 heavy (non-hydrogen) atoms. The number of carbonyl (C=O) groups excluding carboxylic acids is 1. The number of ether oxygens (including phenoxy) is 1. The van der Waals surface area contributed by atoms with E-state index in [1.165, 1.54) is 11.8 Å². The number of esters is 1. The van der Waals surface area contributed by atoms with Crippen molar-refractivity contribution in [3.05, 3.63) is 46.9 Å². The number of hydrogen-bond acceptors (Lipinski definition) is 7. The van der Waals surface area contributed by atoms with Gasteiger partial charge in [0, 0.05) is 10.0 Å². The van der Waals surface area contributed by atoms with Gasteiger partial charge in [0.1, 0.15) is 12.1 Å². The summed E-state index contributed by atoms with van der Waals surface area (Å²) >= 11 is 3.47. The maximum absolute atomic E-state index is 11.4. The molecule has 0 aliphatic heterocycles. The first-order valence-electron chi connectivity index (χ1n) is 7.65. The largest absolute Gasteiger partial charge is 0.468 e. The van der Waals surface area contributed by atoms with Crippen molar-refractivity contribution in [1.29, 1.82) is 0 Å². The molecule has 0 bridgehead atoms. The van der Waals surface area contributed by atoms with Gasteiger partial charge in [-0.05, 0) is 46.3 Å². The molecule has 2 heterocycles. The molecule has 0 unspecified atom stereocenters. The Bertz CT molecular complexity index is 1100. The summed E-state index contributed by atoms with van der Waals surface area (Å²) in [4.78, 5) is 15.9. The fraction of sp³-hybridized carbons (Fsp3) is 0.118. The molecule has 0 saturated heterocycles. The lowest BCUT2D eigenvalue weighted by molar-refractivity contribution is -0.141. The Hall–Kier alpha value is -3.07. The number of carbonyl (C=O) groups is 1. The number of hydrogen-bond donors (Lipinski definition) is 0. The average molecular weight is 414 g/mol. The molecule has 2 aromatic carbocycles. The maximum atomic E-state index is 11.4. The lowest BCUT2D eigenvalue weighted by atomic mass is 10.2. The zero-order chi connectivity index (χ0) is 18.1. The Morgan fingerprint density at radius 3 is 2.92 bits per heavy atom. The molecule has 0 aliphatic carbocycles. The van der Waals surface area contributed by atoms with Crippen LogP contribution in [0, 0.1) is 0 Å². The molecule has 0 aliphatic rings. The molecule has 0 spiro atoms. The second-order valence-corrected chi connectivity index (χ2v) is 6.28. The van der Waals surface area contributed by atoms with E-state index in [1.54, 1.807) is 6.07 Å². The van der Waals surface area contributed by atoms with Crippen LogP contribution < -0.4 is 0 Å². The Labute approximate surface area is 155 Å². The molecule has 130 valence electrons. The van der Waals surface area contributed by atoms with Gasteiger partial charge in [0.2, 0.25) is 5.82 Å². The topological polar surface area (TPSA) is 95.9 Å². The summed E-state index contributed by atoms with van der Waals surface area (Å²) in [6, 6.07) is 13.0. The highest BCUT2D eigenvalue weighted by Crippen LogP contribution is 2.29. The summed E-state index contributed by atoms with van der Waals surface area (Å²) in [5.74, 6) is 0.471. The molecule has 0 fully saturated rings. The Balaban J connectivity index is 1.68. The van der Waals surface area contributed by atoms with Crippen LogP contribution in [0.1, 0.15) is 0 Å². The van der Waals surface area contributed by atoms with Crippen LogP contribution in [0.25, 0.3) is 33.9 Å². The van der Waals surface area contributed by atoms with Crippen LogP contribution in [0.2, 0.25) is 0 Å². The smallest absolute Gasteiger partial charge is 0.327 e. The van der Waals surface area contributed by atoms with Crippen molar-refractivity contribution in [2.75, 3.05) is 7.11 Å². The molecular weight excluding hydrogens is 402 g/mol. The van der Waals surface area contributed by atoms with Gasteiger partial charge in [-0.2, -0.15) is 4.98 Å². The van der Waals surface area contributed by atoms with E-state index in [0.29, 0.717) is 22.7 Å². The number of halogens is 1.